The van der Waals surface area contributed by atoms with Crippen molar-refractivity contribution in [3.05, 3.63) is 0 Å². The molecule has 2 N–H and O–H groups in total. The standard InChI is InChI=1S/C14H29NO3S/c1-2-3-6-17-7-8-18-12-14(16)11-15-13-4-9-19-10-5-13/h13-16H,2-12H2,1H3. The summed E-state index contributed by atoms with van der Waals surface area (Å²) in [7, 11) is 0. The second kappa shape index (κ2) is 12.0. The van der Waals surface area contributed by atoms with Crippen LogP contribution in [0.15, 0.2) is 0 Å². The molecule has 114 valence electrons. The first kappa shape index (κ1) is 17.2. The van der Waals surface area contributed by atoms with E-state index in [1.807, 2.05) is 11.8 Å². The summed E-state index contributed by atoms with van der Waals surface area (Å²) in [4.78, 5) is 0. The zero-order chi connectivity index (χ0) is 13.8. The van der Waals surface area contributed by atoms with Crippen LogP contribution in [-0.4, -0.2) is 61.7 Å². The van der Waals surface area contributed by atoms with Gasteiger partial charge in [0.15, 0.2) is 0 Å². The fraction of sp³-hybridized carbons (Fsp3) is 1.00. The van der Waals surface area contributed by atoms with E-state index >= 15 is 0 Å². The number of hydrogen-bond acceptors (Lipinski definition) is 5. The first-order chi connectivity index (χ1) is 9.33. The highest BCUT2D eigenvalue weighted by Crippen LogP contribution is 2.16. The fourth-order valence-corrected chi connectivity index (χ4v) is 3.06. The van der Waals surface area contributed by atoms with Gasteiger partial charge in [-0.15, -0.1) is 0 Å². The maximum absolute atomic E-state index is 9.79. The molecule has 1 heterocycles. The summed E-state index contributed by atoms with van der Waals surface area (Å²) in [5, 5.41) is 13.2. The zero-order valence-electron chi connectivity index (χ0n) is 12.1. The number of ether oxygens (including phenoxy) is 2. The van der Waals surface area contributed by atoms with Gasteiger partial charge in [-0.1, -0.05) is 13.3 Å². The van der Waals surface area contributed by atoms with Gasteiger partial charge in [0.25, 0.3) is 0 Å². The number of rotatable bonds is 11. The smallest absolute Gasteiger partial charge is 0.0897 e. The summed E-state index contributed by atoms with van der Waals surface area (Å²) >= 11 is 2.02. The van der Waals surface area contributed by atoms with Crippen molar-refractivity contribution >= 4 is 11.8 Å². The molecule has 0 aromatic carbocycles. The molecule has 1 fully saturated rings. The third kappa shape index (κ3) is 9.68. The van der Waals surface area contributed by atoms with Crippen LogP contribution < -0.4 is 5.32 Å². The Morgan fingerprint density at radius 2 is 1.95 bits per heavy atom. The number of aliphatic hydroxyl groups excluding tert-OH is 1. The topological polar surface area (TPSA) is 50.7 Å². The van der Waals surface area contributed by atoms with Crippen LogP contribution in [0, 0.1) is 0 Å². The number of nitrogens with one attached hydrogen (secondary N) is 1. The number of thioether (sulfide) groups is 1. The monoisotopic (exact) mass is 291 g/mol. The quantitative estimate of drug-likeness (QED) is 0.567. The summed E-state index contributed by atoms with van der Waals surface area (Å²) in [6.45, 7) is 5.18. The molecule has 0 aromatic rings. The van der Waals surface area contributed by atoms with Gasteiger partial charge in [-0.05, 0) is 30.8 Å². The Labute approximate surface area is 121 Å². The fourth-order valence-electron chi connectivity index (χ4n) is 1.95. The first-order valence-electron chi connectivity index (χ1n) is 7.47. The van der Waals surface area contributed by atoms with Crippen LogP contribution in [0.1, 0.15) is 32.6 Å². The van der Waals surface area contributed by atoms with Gasteiger partial charge >= 0.3 is 0 Å². The van der Waals surface area contributed by atoms with Crippen LogP contribution in [0.2, 0.25) is 0 Å². The van der Waals surface area contributed by atoms with Crippen molar-refractivity contribution in [3.8, 4) is 0 Å². The lowest BCUT2D eigenvalue weighted by molar-refractivity contribution is 0.00313. The van der Waals surface area contributed by atoms with Crippen molar-refractivity contribution in [3.63, 3.8) is 0 Å². The van der Waals surface area contributed by atoms with Gasteiger partial charge in [-0.3, -0.25) is 0 Å². The van der Waals surface area contributed by atoms with Crippen LogP contribution in [-0.2, 0) is 9.47 Å². The van der Waals surface area contributed by atoms with E-state index in [1.54, 1.807) is 0 Å². The molecule has 0 bridgehead atoms. The largest absolute Gasteiger partial charge is 0.389 e. The SMILES string of the molecule is CCCCOCCOCC(O)CNC1CCSCC1. The number of unbranched alkanes of at least 4 members (excludes halogenated alkanes) is 1. The van der Waals surface area contributed by atoms with Crippen LogP contribution in [0.25, 0.3) is 0 Å². The average molecular weight is 291 g/mol. The van der Waals surface area contributed by atoms with E-state index in [-0.39, 0.29) is 0 Å². The van der Waals surface area contributed by atoms with Crippen molar-refractivity contribution in [2.24, 2.45) is 0 Å². The van der Waals surface area contributed by atoms with Crippen LogP contribution in [0.5, 0.6) is 0 Å². The minimum Gasteiger partial charge on any atom is -0.389 e. The van der Waals surface area contributed by atoms with Gasteiger partial charge in [0.1, 0.15) is 0 Å². The van der Waals surface area contributed by atoms with Gasteiger partial charge < -0.3 is 19.9 Å². The van der Waals surface area contributed by atoms with Gasteiger partial charge in [0.05, 0.1) is 25.9 Å². The molecule has 1 aliphatic rings. The molecule has 1 saturated heterocycles. The Bertz CT molecular complexity index is 201. The van der Waals surface area contributed by atoms with Crippen LogP contribution in [0.3, 0.4) is 0 Å². The van der Waals surface area contributed by atoms with Gasteiger partial charge in [0, 0.05) is 19.2 Å². The maximum Gasteiger partial charge on any atom is 0.0897 e. The van der Waals surface area contributed by atoms with Crippen molar-refractivity contribution < 1.29 is 14.6 Å². The Kier molecular flexibility index (Phi) is 10.9. The third-order valence-electron chi connectivity index (χ3n) is 3.19. The Balaban J connectivity index is 1.85. The molecule has 5 heteroatoms. The summed E-state index contributed by atoms with van der Waals surface area (Å²) in [5.74, 6) is 2.47. The molecule has 4 nitrogen and oxygen atoms in total. The van der Waals surface area contributed by atoms with E-state index in [0.29, 0.717) is 32.4 Å². The van der Waals surface area contributed by atoms with Crippen LogP contribution in [0.4, 0.5) is 0 Å². The molecule has 1 rings (SSSR count). The lowest BCUT2D eigenvalue weighted by Gasteiger charge is -2.24. The van der Waals surface area contributed by atoms with Crippen molar-refractivity contribution in [2.45, 2.75) is 44.8 Å². The highest BCUT2D eigenvalue weighted by molar-refractivity contribution is 7.99. The van der Waals surface area contributed by atoms with Crippen molar-refractivity contribution in [1.29, 1.82) is 0 Å². The summed E-state index contributed by atoms with van der Waals surface area (Å²) in [5.41, 5.74) is 0. The molecule has 0 amide bonds. The summed E-state index contributed by atoms with van der Waals surface area (Å²) < 4.78 is 10.8. The molecule has 0 spiro atoms. The predicted octanol–water partition coefficient (Wildman–Crippen LogP) is 1.67. The molecule has 0 radical (unpaired) electrons. The molecular weight excluding hydrogens is 262 g/mol. The minimum absolute atomic E-state index is 0.394. The van der Waals surface area contributed by atoms with E-state index < -0.39 is 6.10 Å². The molecule has 1 unspecified atom stereocenters. The Morgan fingerprint density at radius 3 is 2.68 bits per heavy atom. The van der Waals surface area contributed by atoms with E-state index in [0.717, 1.165) is 19.4 Å². The van der Waals surface area contributed by atoms with Gasteiger partial charge in [-0.2, -0.15) is 11.8 Å². The molecule has 0 aromatic heterocycles. The molecule has 1 aliphatic heterocycles. The molecule has 0 aliphatic carbocycles. The predicted molar refractivity (Wildman–Crippen MR) is 80.9 cm³/mol. The van der Waals surface area contributed by atoms with Crippen LogP contribution >= 0.6 is 11.8 Å². The molecule has 19 heavy (non-hydrogen) atoms. The Hall–Kier alpha value is 0.190. The average Bonchev–Trinajstić information content (AvgIpc) is 2.45. The molecular formula is C14H29NO3S. The molecule has 1 atom stereocenters. The number of hydrogen-bond donors (Lipinski definition) is 2. The minimum atomic E-state index is -0.412. The highest BCUT2D eigenvalue weighted by Gasteiger charge is 2.14. The summed E-state index contributed by atoms with van der Waals surface area (Å²) in [6, 6.07) is 0.577. The van der Waals surface area contributed by atoms with E-state index in [9.17, 15) is 5.11 Å². The Morgan fingerprint density at radius 1 is 1.21 bits per heavy atom. The normalized spacial score (nSPS) is 18.6. The van der Waals surface area contributed by atoms with Gasteiger partial charge in [-0.25, -0.2) is 0 Å². The second-order valence-corrected chi connectivity index (χ2v) is 6.21. The highest BCUT2D eigenvalue weighted by atomic mass is 32.2. The number of aliphatic hydroxyl groups is 1. The van der Waals surface area contributed by atoms with Crippen molar-refractivity contribution in [1.82, 2.24) is 5.32 Å². The van der Waals surface area contributed by atoms with E-state index in [1.165, 1.54) is 24.3 Å². The van der Waals surface area contributed by atoms with Gasteiger partial charge in [0.2, 0.25) is 0 Å². The second-order valence-electron chi connectivity index (χ2n) is 4.99. The maximum atomic E-state index is 9.79. The van der Waals surface area contributed by atoms with E-state index in [4.69, 9.17) is 9.47 Å². The zero-order valence-corrected chi connectivity index (χ0v) is 12.9. The third-order valence-corrected chi connectivity index (χ3v) is 4.24. The van der Waals surface area contributed by atoms with E-state index in [2.05, 4.69) is 12.2 Å². The lowest BCUT2D eigenvalue weighted by Crippen LogP contribution is -2.39. The van der Waals surface area contributed by atoms with Crippen molar-refractivity contribution in [2.75, 3.05) is 44.5 Å². The molecule has 0 saturated carbocycles. The first-order valence-corrected chi connectivity index (χ1v) is 8.63. The lowest BCUT2D eigenvalue weighted by atomic mass is 10.1. The summed E-state index contributed by atoms with van der Waals surface area (Å²) in [6.07, 6.45) is 4.27.